The Morgan fingerprint density at radius 2 is 1.12 bits per heavy atom. The minimum atomic E-state index is -1.08. The molecule has 40 heavy (non-hydrogen) atoms. The first kappa shape index (κ1) is 33.0. The third kappa shape index (κ3) is 12.8. The van der Waals surface area contributed by atoms with Crippen LogP contribution in [0.1, 0.15) is 45.7 Å². The van der Waals surface area contributed by atoms with Crippen molar-refractivity contribution in [1.82, 2.24) is 16.0 Å². The van der Waals surface area contributed by atoms with Crippen molar-refractivity contribution in [3.05, 3.63) is 71.8 Å². The number of alkyl carbamates (subject to hydrolysis) is 2. The van der Waals surface area contributed by atoms with Crippen LogP contribution in [0, 0.1) is 0 Å². The quantitative estimate of drug-likeness (QED) is 0.207. The number of aliphatic hydroxyl groups excluding tert-OH is 3. The highest BCUT2D eigenvalue weighted by Gasteiger charge is 2.28. The molecule has 0 bridgehead atoms. The largest absolute Gasteiger partial charge is 0.444 e. The summed E-state index contributed by atoms with van der Waals surface area (Å²) < 4.78 is 10.7. The predicted octanol–water partition coefficient (Wildman–Crippen LogP) is 2.54. The number of rotatable bonds is 14. The monoisotopic (exact) mass is 559 g/mol. The minimum Gasteiger partial charge on any atom is -0.444 e. The van der Waals surface area contributed by atoms with E-state index in [-0.39, 0.29) is 19.7 Å². The van der Waals surface area contributed by atoms with Gasteiger partial charge in [0, 0.05) is 13.1 Å². The average molecular weight is 560 g/mol. The van der Waals surface area contributed by atoms with E-state index in [0.717, 1.165) is 11.1 Å². The number of hydrogen-bond acceptors (Lipinski definition) is 8. The molecule has 0 radical (unpaired) electrons. The number of carbonyl (C=O) groups is 2. The Morgan fingerprint density at radius 3 is 1.50 bits per heavy atom. The molecule has 0 fully saturated rings. The van der Waals surface area contributed by atoms with Gasteiger partial charge in [0.2, 0.25) is 0 Å². The topological polar surface area (TPSA) is 149 Å². The molecule has 2 rings (SSSR count). The number of ether oxygens (including phenoxy) is 2. The van der Waals surface area contributed by atoms with Crippen LogP contribution >= 0.6 is 0 Å². The molecule has 2 aromatic carbocycles. The molecule has 2 aromatic rings. The highest BCUT2D eigenvalue weighted by molar-refractivity contribution is 5.68. The fourth-order valence-electron chi connectivity index (χ4n) is 3.89. The van der Waals surface area contributed by atoms with E-state index in [0.29, 0.717) is 12.8 Å². The lowest BCUT2D eigenvalue weighted by molar-refractivity contribution is -0.00773. The summed E-state index contributed by atoms with van der Waals surface area (Å²) in [6.07, 6.45) is -2.74. The zero-order chi connectivity index (χ0) is 29.8. The van der Waals surface area contributed by atoms with Gasteiger partial charge in [0.1, 0.15) is 11.2 Å². The highest BCUT2D eigenvalue weighted by atomic mass is 16.6. The minimum absolute atomic E-state index is 0.0444. The van der Waals surface area contributed by atoms with Crippen LogP contribution in [-0.2, 0) is 22.3 Å². The van der Waals surface area contributed by atoms with E-state index in [4.69, 9.17) is 9.47 Å². The summed E-state index contributed by atoms with van der Waals surface area (Å²) in [5, 5.41) is 39.9. The van der Waals surface area contributed by atoms with E-state index in [2.05, 4.69) is 16.0 Å². The Kier molecular flexibility index (Phi) is 12.9. The lowest BCUT2D eigenvalue weighted by atomic mass is 10.00. The van der Waals surface area contributed by atoms with Crippen molar-refractivity contribution in [1.29, 1.82) is 0 Å². The van der Waals surface area contributed by atoms with E-state index in [9.17, 15) is 24.9 Å². The van der Waals surface area contributed by atoms with Crippen LogP contribution in [-0.4, -0.2) is 82.7 Å². The van der Waals surface area contributed by atoms with Crippen molar-refractivity contribution >= 4 is 12.2 Å². The molecule has 0 heterocycles. The van der Waals surface area contributed by atoms with Crippen LogP contribution in [0.2, 0.25) is 0 Å². The molecule has 0 aliphatic heterocycles. The van der Waals surface area contributed by atoms with Crippen molar-refractivity contribution in [2.45, 2.75) is 83.0 Å². The molecule has 222 valence electrons. The summed E-state index contributed by atoms with van der Waals surface area (Å²) in [7, 11) is 0. The number of benzene rings is 2. The number of aliphatic hydroxyl groups is 3. The number of hydrogen-bond donors (Lipinski definition) is 6. The standard InChI is InChI=1S/C30H45N3O7/c1-29(2,3)39-27(37)32-23(16-21-12-8-6-9-13-21)25(35)18-31-19-26(36)24(17-22-14-10-7-11-15-22)33-28(38)40-30(4,5)20-34/h6-15,23-26,31,34-36H,16-20H2,1-5H3,(H,32,37)(H,33,38)/t23-,24-,25+,26+/m0/s1. The molecule has 0 aromatic heterocycles. The fraction of sp³-hybridized carbons (Fsp3) is 0.533. The van der Waals surface area contributed by atoms with Crippen molar-refractivity contribution in [3.8, 4) is 0 Å². The molecule has 0 unspecified atom stereocenters. The first-order valence-corrected chi connectivity index (χ1v) is 13.5. The van der Waals surface area contributed by atoms with Gasteiger partial charge in [-0.05, 0) is 58.6 Å². The Balaban J connectivity index is 2.04. The molecule has 10 heteroatoms. The van der Waals surface area contributed by atoms with Crippen LogP contribution in [0.15, 0.2) is 60.7 Å². The van der Waals surface area contributed by atoms with Gasteiger partial charge >= 0.3 is 12.2 Å². The van der Waals surface area contributed by atoms with Crippen LogP contribution < -0.4 is 16.0 Å². The van der Waals surface area contributed by atoms with Crippen molar-refractivity contribution in [2.24, 2.45) is 0 Å². The second-order valence-corrected chi connectivity index (χ2v) is 11.5. The smallest absolute Gasteiger partial charge is 0.408 e. The molecule has 0 saturated carbocycles. The summed E-state index contributed by atoms with van der Waals surface area (Å²) in [4.78, 5) is 25.0. The van der Waals surface area contributed by atoms with Crippen LogP contribution in [0.25, 0.3) is 0 Å². The molecule has 0 saturated heterocycles. The summed E-state index contributed by atoms with van der Waals surface area (Å²) in [5.74, 6) is 0. The highest BCUT2D eigenvalue weighted by Crippen LogP contribution is 2.12. The van der Waals surface area contributed by atoms with Crippen molar-refractivity contribution in [2.75, 3.05) is 19.7 Å². The summed E-state index contributed by atoms with van der Waals surface area (Å²) >= 11 is 0. The van der Waals surface area contributed by atoms with Gasteiger partial charge in [-0.25, -0.2) is 9.59 Å². The van der Waals surface area contributed by atoms with E-state index in [1.165, 1.54) is 0 Å². The molecule has 0 aliphatic carbocycles. The molecular formula is C30H45N3O7. The van der Waals surface area contributed by atoms with E-state index in [1.807, 2.05) is 60.7 Å². The molecule has 0 spiro atoms. The summed E-state index contributed by atoms with van der Waals surface area (Å²) in [5.41, 5.74) is 0.0592. The molecular weight excluding hydrogens is 514 g/mol. The molecule has 6 N–H and O–H groups in total. The first-order valence-electron chi connectivity index (χ1n) is 13.5. The zero-order valence-electron chi connectivity index (χ0n) is 24.1. The lowest BCUT2D eigenvalue weighted by Gasteiger charge is -2.29. The van der Waals surface area contributed by atoms with Crippen molar-refractivity contribution < 1.29 is 34.4 Å². The number of nitrogens with one attached hydrogen (secondary N) is 3. The SMILES string of the molecule is CC(C)(C)OC(=O)N[C@@H](Cc1ccccc1)[C@H](O)CNC[C@@H](O)[C@H](Cc1ccccc1)NC(=O)OC(C)(C)CO. The maximum atomic E-state index is 12.5. The Morgan fingerprint density at radius 1 is 0.725 bits per heavy atom. The van der Waals surface area contributed by atoms with E-state index < -0.39 is 47.7 Å². The maximum absolute atomic E-state index is 12.5. The van der Waals surface area contributed by atoms with Gasteiger partial charge in [-0.2, -0.15) is 0 Å². The van der Waals surface area contributed by atoms with Gasteiger partial charge in [0.15, 0.2) is 0 Å². The van der Waals surface area contributed by atoms with Gasteiger partial charge in [-0.3, -0.25) is 0 Å². The predicted molar refractivity (Wildman–Crippen MR) is 153 cm³/mol. The normalized spacial score (nSPS) is 14.9. The summed E-state index contributed by atoms with van der Waals surface area (Å²) in [6.45, 7) is 8.20. The molecule has 10 nitrogen and oxygen atoms in total. The van der Waals surface area contributed by atoms with Gasteiger partial charge in [-0.1, -0.05) is 60.7 Å². The molecule has 4 atom stereocenters. The van der Waals surface area contributed by atoms with Gasteiger partial charge in [0.05, 0.1) is 30.9 Å². The molecule has 2 amide bonds. The maximum Gasteiger partial charge on any atom is 0.408 e. The second-order valence-electron chi connectivity index (χ2n) is 11.5. The first-order chi connectivity index (χ1) is 18.8. The number of carbonyl (C=O) groups excluding carboxylic acids is 2. The average Bonchev–Trinajstić information content (AvgIpc) is 2.87. The third-order valence-corrected chi connectivity index (χ3v) is 5.99. The Labute approximate surface area is 237 Å². The zero-order valence-corrected chi connectivity index (χ0v) is 24.1. The van der Waals surface area contributed by atoms with Crippen LogP contribution in [0.4, 0.5) is 9.59 Å². The van der Waals surface area contributed by atoms with E-state index in [1.54, 1.807) is 34.6 Å². The Hall–Kier alpha value is -3.18. The van der Waals surface area contributed by atoms with Crippen LogP contribution in [0.3, 0.4) is 0 Å². The van der Waals surface area contributed by atoms with Crippen molar-refractivity contribution in [3.63, 3.8) is 0 Å². The van der Waals surface area contributed by atoms with E-state index >= 15 is 0 Å². The summed E-state index contributed by atoms with van der Waals surface area (Å²) in [6, 6.07) is 17.5. The lowest BCUT2D eigenvalue weighted by Crippen LogP contribution is -2.53. The fourth-order valence-corrected chi connectivity index (χ4v) is 3.89. The van der Waals surface area contributed by atoms with Gasteiger partial charge < -0.3 is 40.7 Å². The number of amides is 2. The molecule has 0 aliphatic rings. The van der Waals surface area contributed by atoms with Crippen LogP contribution in [0.5, 0.6) is 0 Å². The van der Waals surface area contributed by atoms with Gasteiger partial charge in [0.25, 0.3) is 0 Å². The second kappa shape index (κ2) is 15.6. The van der Waals surface area contributed by atoms with Gasteiger partial charge in [-0.15, -0.1) is 0 Å². The Bertz CT molecular complexity index is 1030. The third-order valence-electron chi connectivity index (χ3n) is 5.99.